The molecule has 35 heavy (non-hydrogen) atoms. The summed E-state index contributed by atoms with van der Waals surface area (Å²) in [5.41, 5.74) is 3.85. The summed E-state index contributed by atoms with van der Waals surface area (Å²) in [6.07, 6.45) is 1.26. The molecule has 1 amide bonds. The quantitative estimate of drug-likeness (QED) is 0.302. The fourth-order valence-corrected chi connectivity index (χ4v) is 4.82. The van der Waals surface area contributed by atoms with Crippen LogP contribution < -0.4 is 10.6 Å². The van der Waals surface area contributed by atoms with E-state index in [0.29, 0.717) is 35.3 Å². The molecule has 4 rings (SSSR count). The van der Waals surface area contributed by atoms with Gasteiger partial charge in [-0.3, -0.25) is 5.32 Å². The van der Waals surface area contributed by atoms with Crippen molar-refractivity contribution in [3.8, 4) is 6.07 Å². The van der Waals surface area contributed by atoms with Crippen LogP contribution in [0.5, 0.6) is 0 Å². The topological polar surface area (TPSA) is 124 Å². The van der Waals surface area contributed by atoms with Gasteiger partial charge in [0, 0.05) is 18.4 Å². The molecule has 0 aliphatic rings. The molecule has 3 N–H and O–H groups in total. The van der Waals surface area contributed by atoms with Crippen LogP contribution in [0.4, 0.5) is 16.4 Å². The van der Waals surface area contributed by atoms with E-state index in [4.69, 9.17) is 5.11 Å². The highest BCUT2D eigenvalue weighted by molar-refractivity contribution is 7.18. The van der Waals surface area contributed by atoms with Crippen LogP contribution in [0, 0.1) is 11.3 Å². The number of nitriles is 1. The molecule has 0 bridgehead atoms. The Morgan fingerprint density at radius 1 is 1.17 bits per heavy atom. The molecule has 2 aromatic heterocycles. The number of thiazole rings is 1. The van der Waals surface area contributed by atoms with Crippen molar-refractivity contribution in [2.24, 2.45) is 0 Å². The SMILES string of the molecule is CC(C)(C)c1cc(CCNc2nccc(C(C#N)c3nc4ccccc4s3)n2)ccc1NC(=O)O. The van der Waals surface area contributed by atoms with Crippen molar-refractivity contribution >= 4 is 39.3 Å². The van der Waals surface area contributed by atoms with Crippen molar-refractivity contribution in [2.75, 3.05) is 17.2 Å². The molecule has 0 saturated carbocycles. The second-order valence-electron chi connectivity index (χ2n) is 9.12. The number of nitrogens with zero attached hydrogens (tertiary/aromatic N) is 4. The number of benzene rings is 2. The average Bonchev–Trinajstić information content (AvgIpc) is 3.23. The maximum atomic E-state index is 11.1. The number of hydrogen-bond acceptors (Lipinski definition) is 7. The summed E-state index contributed by atoms with van der Waals surface area (Å²) in [5, 5.41) is 25.4. The second-order valence-corrected chi connectivity index (χ2v) is 10.2. The van der Waals surface area contributed by atoms with Crippen molar-refractivity contribution in [1.29, 1.82) is 5.26 Å². The van der Waals surface area contributed by atoms with Crippen LogP contribution >= 0.6 is 11.3 Å². The Labute approximate surface area is 207 Å². The highest BCUT2D eigenvalue weighted by atomic mass is 32.1. The number of hydrogen-bond donors (Lipinski definition) is 3. The zero-order valence-electron chi connectivity index (χ0n) is 19.7. The Balaban J connectivity index is 1.47. The predicted molar refractivity (Wildman–Crippen MR) is 138 cm³/mol. The molecule has 1 unspecified atom stereocenters. The molecular formula is C26H26N6O2S. The number of rotatable bonds is 7. The lowest BCUT2D eigenvalue weighted by molar-refractivity contribution is 0.209. The smallest absolute Gasteiger partial charge is 0.409 e. The first-order valence-electron chi connectivity index (χ1n) is 11.2. The van der Waals surface area contributed by atoms with E-state index < -0.39 is 12.0 Å². The molecule has 9 heteroatoms. The number of anilines is 2. The Morgan fingerprint density at radius 2 is 1.97 bits per heavy atom. The molecule has 0 spiro atoms. The third-order valence-corrected chi connectivity index (χ3v) is 6.59. The van der Waals surface area contributed by atoms with Gasteiger partial charge in [-0.2, -0.15) is 5.26 Å². The van der Waals surface area contributed by atoms with Crippen molar-refractivity contribution < 1.29 is 9.90 Å². The van der Waals surface area contributed by atoms with Crippen LogP contribution in [0.25, 0.3) is 10.2 Å². The molecule has 1 atom stereocenters. The summed E-state index contributed by atoms with van der Waals surface area (Å²) in [7, 11) is 0. The highest BCUT2D eigenvalue weighted by Crippen LogP contribution is 2.32. The first-order chi connectivity index (χ1) is 16.7. The molecule has 0 aliphatic heterocycles. The van der Waals surface area contributed by atoms with Crippen molar-refractivity contribution in [1.82, 2.24) is 15.0 Å². The molecule has 2 heterocycles. The van der Waals surface area contributed by atoms with E-state index in [1.54, 1.807) is 18.3 Å². The largest absolute Gasteiger partial charge is 0.465 e. The van der Waals surface area contributed by atoms with Gasteiger partial charge in [0.15, 0.2) is 0 Å². The maximum Gasteiger partial charge on any atom is 0.409 e. The van der Waals surface area contributed by atoms with E-state index in [9.17, 15) is 10.1 Å². The minimum absolute atomic E-state index is 0.217. The number of fused-ring (bicyclic) bond motifs is 1. The molecule has 2 aromatic carbocycles. The van der Waals surface area contributed by atoms with Gasteiger partial charge in [-0.25, -0.2) is 19.7 Å². The lowest BCUT2D eigenvalue weighted by Crippen LogP contribution is -2.18. The van der Waals surface area contributed by atoms with Crippen LogP contribution in [0.1, 0.15) is 48.5 Å². The number of carboxylic acid groups (broad SMARTS) is 1. The van der Waals surface area contributed by atoms with Crippen LogP contribution in [0.2, 0.25) is 0 Å². The summed E-state index contributed by atoms with van der Waals surface area (Å²) >= 11 is 1.50. The van der Waals surface area contributed by atoms with E-state index in [1.807, 2.05) is 57.2 Å². The van der Waals surface area contributed by atoms with Gasteiger partial charge in [0.25, 0.3) is 0 Å². The van der Waals surface area contributed by atoms with Gasteiger partial charge in [0.1, 0.15) is 10.9 Å². The Morgan fingerprint density at radius 3 is 2.69 bits per heavy atom. The van der Waals surface area contributed by atoms with Gasteiger partial charge >= 0.3 is 6.09 Å². The van der Waals surface area contributed by atoms with E-state index >= 15 is 0 Å². The summed E-state index contributed by atoms with van der Waals surface area (Å²) in [5.74, 6) is -0.122. The van der Waals surface area contributed by atoms with Crippen molar-refractivity contribution in [3.05, 3.63) is 76.6 Å². The van der Waals surface area contributed by atoms with Crippen molar-refractivity contribution in [2.45, 2.75) is 38.5 Å². The van der Waals surface area contributed by atoms with Gasteiger partial charge in [-0.05, 0) is 47.2 Å². The zero-order valence-corrected chi connectivity index (χ0v) is 20.6. The minimum atomic E-state index is -1.08. The lowest BCUT2D eigenvalue weighted by Gasteiger charge is -2.23. The number of amides is 1. The fraction of sp³-hybridized carbons (Fsp3) is 0.269. The molecule has 8 nitrogen and oxygen atoms in total. The second kappa shape index (κ2) is 10.1. The van der Waals surface area contributed by atoms with Crippen LogP contribution in [-0.2, 0) is 11.8 Å². The number of para-hydroxylation sites is 1. The Kier molecular flexibility index (Phi) is 6.94. The van der Waals surface area contributed by atoms with Crippen LogP contribution in [-0.4, -0.2) is 32.7 Å². The predicted octanol–water partition coefficient (Wildman–Crippen LogP) is 5.78. The molecule has 0 aliphatic carbocycles. The summed E-state index contributed by atoms with van der Waals surface area (Å²) in [6.45, 7) is 6.73. The molecule has 0 radical (unpaired) electrons. The van der Waals surface area contributed by atoms with E-state index in [2.05, 4.69) is 31.7 Å². The molecule has 0 saturated heterocycles. The van der Waals surface area contributed by atoms with Gasteiger partial charge in [0.2, 0.25) is 5.95 Å². The maximum absolute atomic E-state index is 11.1. The third-order valence-electron chi connectivity index (χ3n) is 5.49. The number of nitrogens with one attached hydrogen (secondary N) is 2. The minimum Gasteiger partial charge on any atom is -0.465 e. The summed E-state index contributed by atoms with van der Waals surface area (Å²) in [6, 6.07) is 17.6. The zero-order chi connectivity index (χ0) is 25.0. The first-order valence-corrected chi connectivity index (χ1v) is 12.0. The third kappa shape index (κ3) is 5.73. The van der Waals surface area contributed by atoms with Crippen molar-refractivity contribution in [3.63, 3.8) is 0 Å². The number of aromatic nitrogens is 3. The van der Waals surface area contributed by atoms with E-state index in [1.165, 1.54) is 11.3 Å². The van der Waals surface area contributed by atoms with E-state index in [-0.39, 0.29) is 5.41 Å². The Bertz CT molecular complexity index is 1370. The molecule has 0 fully saturated rings. The van der Waals surface area contributed by atoms with Crippen LogP contribution in [0.15, 0.2) is 54.7 Å². The number of carbonyl (C=O) groups is 1. The van der Waals surface area contributed by atoms with Gasteiger partial charge < -0.3 is 10.4 Å². The van der Waals surface area contributed by atoms with Crippen LogP contribution in [0.3, 0.4) is 0 Å². The Hall–Kier alpha value is -4.03. The van der Waals surface area contributed by atoms with Gasteiger partial charge in [0.05, 0.1) is 22.0 Å². The van der Waals surface area contributed by atoms with E-state index in [0.717, 1.165) is 21.3 Å². The summed E-state index contributed by atoms with van der Waals surface area (Å²) in [4.78, 5) is 24.6. The normalized spacial score (nSPS) is 12.2. The monoisotopic (exact) mass is 486 g/mol. The summed E-state index contributed by atoms with van der Waals surface area (Å²) < 4.78 is 1.04. The highest BCUT2D eigenvalue weighted by Gasteiger charge is 2.21. The van der Waals surface area contributed by atoms with Gasteiger partial charge in [-0.1, -0.05) is 45.0 Å². The standard InChI is InChI=1S/C26H26N6O2S/c1-26(2,3)18-14-16(8-9-20(18)32-25(33)34)10-12-28-24-29-13-11-19(31-24)17(15-27)23-30-21-6-4-5-7-22(21)35-23/h4-9,11,13-14,17,32H,10,12H2,1-3H3,(H,33,34)(H,28,29,31). The first kappa shape index (κ1) is 24.1. The lowest BCUT2D eigenvalue weighted by atomic mass is 9.84. The molecule has 178 valence electrons. The molecule has 4 aromatic rings. The van der Waals surface area contributed by atoms with Gasteiger partial charge in [-0.15, -0.1) is 11.3 Å². The molecular weight excluding hydrogens is 460 g/mol. The average molecular weight is 487 g/mol. The fourth-order valence-electron chi connectivity index (χ4n) is 3.79.